The standard InChI is InChI=1S/C22H26F2N2O3/c23-19-12-16(13-20(24)18(19)8-11-25-9-3-7-21(27)28)17-6-2-10-26-22(17)29-14-15-4-1-5-15/h2,6,10,12-13,15,25H,1,3-5,7-9,11,14H2,(H,27,28). The number of carbonyl (C=O) groups is 1. The molecule has 0 amide bonds. The first-order valence-electron chi connectivity index (χ1n) is 10.0. The van der Waals surface area contributed by atoms with Crippen LogP contribution in [-0.4, -0.2) is 35.8 Å². The molecule has 0 spiro atoms. The fraction of sp³-hybridized carbons (Fsp3) is 0.455. The Morgan fingerprint density at radius 3 is 2.66 bits per heavy atom. The maximum Gasteiger partial charge on any atom is 0.303 e. The zero-order chi connectivity index (χ0) is 20.6. The van der Waals surface area contributed by atoms with E-state index in [9.17, 15) is 13.6 Å². The molecule has 1 aromatic heterocycles. The molecule has 29 heavy (non-hydrogen) atoms. The predicted molar refractivity (Wildman–Crippen MR) is 106 cm³/mol. The molecule has 1 heterocycles. The number of aromatic nitrogens is 1. The Morgan fingerprint density at radius 2 is 2.00 bits per heavy atom. The van der Waals surface area contributed by atoms with E-state index in [1.165, 1.54) is 18.6 Å². The van der Waals surface area contributed by atoms with Gasteiger partial charge in [-0.15, -0.1) is 0 Å². The molecule has 0 atom stereocenters. The van der Waals surface area contributed by atoms with E-state index in [1.54, 1.807) is 18.3 Å². The maximum absolute atomic E-state index is 14.6. The van der Waals surface area contributed by atoms with Crippen LogP contribution in [0.25, 0.3) is 11.1 Å². The van der Waals surface area contributed by atoms with E-state index in [1.807, 2.05) is 0 Å². The number of pyridine rings is 1. The van der Waals surface area contributed by atoms with Crippen LogP contribution in [0.2, 0.25) is 0 Å². The SMILES string of the molecule is O=C(O)CCCNCCc1c(F)cc(-c2cccnc2OCC2CCC2)cc1F. The van der Waals surface area contributed by atoms with E-state index in [4.69, 9.17) is 9.84 Å². The Labute approximate surface area is 169 Å². The molecule has 0 radical (unpaired) electrons. The molecule has 1 fully saturated rings. The summed E-state index contributed by atoms with van der Waals surface area (Å²) in [7, 11) is 0. The molecule has 0 unspecified atom stereocenters. The van der Waals surface area contributed by atoms with Crippen molar-refractivity contribution in [2.45, 2.75) is 38.5 Å². The molecule has 1 aliphatic rings. The van der Waals surface area contributed by atoms with Crippen LogP contribution in [0.4, 0.5) is 8.78 Å². The van der Waals surface area contributed by atoms with Gasteiger partial charge in [0.05, 0.1) is 6.61 Å². The number of nitrogens with zero attached hydrogens (tertiary/aromatic N) is 1. The molecule has 2 aromatic rings. The van der Waals surface area contributed by atoms with Crippen molar-refractivity contribution in [3.63, 3.8) is 0 Å². The van der Waals surface area contributed by atoms with Gasteiger partial charge in [-0.05, 0) is 74.5 Å². The molecule has 156 valence electrons. The zero-order valence-electron chi connectivity index (χ0n) is 16.3. The second kappa shape index (κ2) is 10.3. The Balaban J connectivity index is 1.63. The molecular weight excluding hydrogens is 378 g/mol. The molecule has 2 N–H and O–H groups in total. The molecule has 1 aliphatic carbocycles. The van der Waals surface area contributed by atoms with Gasteiger partial charge in [0.15, 0.2) is 0 Å². The van der Waals surface area contributed by atoms with Crippen LogP contribution in [0.1, 0.15) is 37.7 Å². The van der Waals surface area contributed by atoms with Crippen LogP contribution in [0.15, 0.2) is 30.5 Å². The van der Waals surface area contributed by atoms with Crippen molar-refractivity contribution in [1.29, 1.82) is 0 Å². The van der Waals surface area contributed by atoms with Gasteiger partial charge in [0.1, 0.15) is 11.6 Å². The summed E-state index contributed by atoms with van der Waals surface area (Å²) in [4.78, 5) is 14.7. The highest BCUT2D eigenvalue weighted by atomic mass is 19.1. The normalized spacial score (nSPS) is 13.9. The molecule has 7 heteroatoms. The van der Waals surface area contributed by atoms with Crippen LogP contribution in [0.5, 0.6) is 5.88 Å². The van der Waals surface area contributed by atoms with E-state index in [0.717, 1.165) is 12.8 Å². The first-order valence-corrected chi connectivity index (χ1v) is 10.0. The van der Waals surface area contributed by atoms with Crippen molar-refractivity contribution in [2.24, 2.45) is 5.92 Å². The van der Waals surface area contributed by atoms with Gasteiger partial charge in [0.2, 0.25) is 5.88 Å². The van der Waals surface area contributed by atoms with Gasteiger partial charge in [-0.2, -0.15) is 0 Å². The van der Waals surface area contributed by atoms with Crippen molar-refractivity contribution in [3.05, 3.63) is 47.7 Å². The van der Waals surface area contributed by atoms with E-state index in [-0.39, 0.29) is 18.4 Å². The lowest BCUT2D eigenvalue weighted by Gasteiger charge is -2.25. The number of carboxylic acids is 1. The topological polar surface area (TPSA) is 71.5 Å². The van der Waals surface area contributed by atoms with Gasteiger partial charge >= 0.3 is 5.97 Å². The van der Waals surface area contributed by atoms with Crippen molar-refractivity contribution in [2.75, 3.05) is 19.7 Å². The fourth-order valence-corrected chi connectivity index (χ4v) is 3.28. The van der Waals surface area contributed by atoms with Crippen molar-refractivity contribution >= 4 is 5.97 Å². The summed E-state index contributed by atoms with van der Waals surface area (Å²) < 4.78 is 35.0. The average molecular weight is 404 g/mol. The lowest BCUT2D eigenvalue weighted by atomic mass is 9.86. The van der Waals surface area contributed by atoms with E-state index in [0.29, 0.717) is 49.0 Å². The van der Waals surface area contributed by atoms with Crippen LogP contribution in [0, 0.1) is 17.6 Å². The molecule has 0 bridgehead atoms. The second-order valence-corrected chi connectivity index (χ2v) is 7.38. The van der Waals surface area contributed by atoms with E-state index >= 15 is 0 Å². The number of aliphatic carboxylic acids is 1. The molecule has 5 nitrogen and oxygen atoms in total. The highest BCUT2D eigenvalue weighted by Gasteiger charge is 2.20. The number of ether oxygens (including phenoxy) is 1. The molecule has 0 aliphatic heterocycles. The number of rotatable bonds is 11. The zero-order valence-corrected chi connectivity index (χ0v) is 16.3. The Bertz CT molecular complexity index is 818. The van der Waals surface area contributed by atoms with Gasteiger partial charge < -0.3 is 15.2 Å². The summed E-state index contributed by atoms with van der Waals surface area (Å²) in [6.45, 7) is 1.43. The fourth-order valence-electron chi connectivity index (χ4n) is 3.28. The summed E-state index contributed by atoms with van der Waals surface area (Å²) in [6, 6.07) is 6.10. The third-order valence-electron chi connectivity index (χ3n) is 5.20. The number of benzene rings is 1. The minimum Gasteiger partial charge on any atom is -0.481 e. The quantitative estimate of drug-likeness (QED) is 0.549. The van der Waals surface area contributed by atoms with E-state index < -0.39 is 17.6 Å². The minimum atomic E-state index is -0.856. The molecule has 0 saturated heterocycles. The number of hydrogen-bond donors (Lipinski definition) is 2. The van der Waals surface area contributed by atoms with Crippen LogP contribution >= 0.6 is 0 Å². The van der Waals surface area contributed by atoms with Crippen molar-refractivity contribution in [1.82, 2.24) is 10.3 Å². The highest BCUT2D eigenvalue weighted by Crippen LogP contribution is 2.32. The summed E-state index contributed by atoms with van der Waals surface area (Å²) in [5.41, 5.74) is 0.984. The monoisotopic (exact) mass is 404 g/mol. The van der Waals surface area contributed by atoms with Crippen LogP contribution in [-0.2, 0) is 11.2 Å². The molecular formula is C22H26F2N2O3. The van der Waals surface area contributed by atoms with Crippen molar-refractivity contribution in [3.8, 4) is 17.0 Å². The minimum absolute atomic E-state index is 0.0142. The lowest BCUT2D eigenvalue weighted by Crippen LogP contribution is -2.20. The smallest absolute Gasteiger partial charge is 0.303 e. The second-order valence-electron chi connectivity index (χ2n) is 7.38. The third kappa shape index (κ3) is 5.97. The third-order valence-corrected chi connectivity index (χ3v) is 5.20. The van der Waals surface area contributed by atoms with Gasteiger partial charge in [0, 0.05) is 23.7 Å². The van der Waals surface area contributed by atoms with Gasteiger partial charge in [-0.1, -0.05) is 6.42 Å². The maximum atomic E-state index is 14.6. The summed E-state index contributed by atoms with van der Waals surface area (Å²) in [6.07, 6.45) is 5.84. The first kappa shape index (κ1) is 21.2. The molecule has 1 aromatic carbocycles. The Hall–Kier alpha value is -2.54. The number of nitrogens with one attached hydrogen (secondary N) is 1. The van der Waals surface area contributed by atoms with Gasteiger partial charge in [-0.3, -0.25) is 4.79 Å². The predicted octanol–water partition coefficient (Wildman–Crippen LogP) is 4.20. The molecule has 1 saturated carbocycles. The molecule has 3 rings (SSSR count). The Kier molecular flexibility index (Phi) is 7.52. The number of carboxylic acid groups (broad SMARTS) is 1. The van der Waals surface area contributed by atoms with Crippen LogP contribution in [0.3, 0.4) is 0 Å². The Morgan fingerprint density at radius 1 is 1.24 bits per heavy atom. The van der Waals surface area contributed by atoms with Gasteiger partial charge in [0.25, 0.3) is 0 Å². The number of hydrogen-bond acceptors (Lipinski definition) is 4. The van der Waals surface area contributed by atoms with Crippen LogP contribution < -0.4 is 10.1 Å². The summed E-state index contributed by atoms with van der Waals surface area (Å²) in [5, 5.41) is 11.6. The first-order chi connectivity index (χ1) is 14.0. The van der Waals surface area contributed by atoms with Crippen molar-refractivity contribution < 1.29 is 23.4 Å². The summed E-state index contributed by atoms with van der Waals surface area (Å²) in [5.74, 6) is -1.15. The largest absolute Gasteiger partial charge is 0.481 e. The summed E-state index contributed by atoms with van der Waals surface area (Å²) >= 11 is 0. The number of halogens is 2. The van der Waals surface area contributed by atoms with E-state index in [2.05, 4.69) is 10.3 Å². The van der Waals surface area contributed by atoms with Gasteiger partial charge in [-0.25, -0.2) is 13.8 Å². The highest BCUT2D eigenvalue weighted by molar-refractivity contribution is 5.69. The average Bonchev–Trinajstić information content (AvgIpc) is 2.65. The lowest BCUT2D eigenvalue weighted by molar-refractivity contribution is -0.137.